The summed E-state index contributed by atoms with van der Waals surface area (Å²) in [6, 6.07) is 5.79. The van der Waals surface area contributed by atoms with E-state index in [4.69, 9.17) is 4.18 Å². The summed E-state index contributed by atoms with van der Waals surface area (Å²) in [7, 11) is -3.20. The molecule has 1 fully saturated rings. The van der Waals surface area contributed by atoms with Gasteiger partial charge in [0.05, 0.1) is 23.4 Å². The minimum Gasteiger partial charge on any atom is -0.362 e. The highest BCUT2D eigenvalue weighted by molar-refractivity contribution is 8.01. The van der Waals surface area contributed by atoms with Crippen molar-refractivity contribution in [3.05, 3.63) is 24.3 Å². The molecule has 0 aromatic heterocycles. The average Bonchev–Trinajstić information content (AvgIpc) is 2.91. The predicted octanol–water partition coefficient (Wildman–Crippen LogP) is 2.06. The molecule has 150 valence electrons. The van der Waals surface area contributed by atoms with Crippen LogP contribution in [-0.4, -0.2) is 44.5 Å². The van der Waals surface area contributed by atoms with Crippen molar-refractivity contribution in [2.75, 3.05) is 18.6 Å². The maximum Gasteiger partial charge on any atom is 0.448 e. The van der Waals surface area contributed by atoms with E-state index in [-0.39, 0.29) is 35.0 Å². The van der Waals surface area contributed by atoms with E-state index >= 15 is 0 Å². The first-order valence-corrected chi connectivity index (χ1v) is 10.9. The molecule has 2 amide bonds. The van der Waals surface area contributed by atoms with Gasteiger partial charge >= 0.3 is 10.4 Å². The molecule has 1 aromatic carbocycles. The van der Waals surface area contributed by atoms with Crippen LogP contribution < -0.4 is 14.4 Å². The number of amides is 2. The Balaban J connectivity index is 2.15. The second kappa shape index (κ2) is 9.54. The average molecular weight is 417 g/mol. The second-order valence-electron chi connectivity index (χ2n) is 5.90. The lowest BCUT2D eigenvalue weighted by Gasteiger charge is -2.20. The van der Waals surface area contributed by atoms with Crippen molar-refractivity contribution in [1.82, 2.24) is 5.32 Å². The molecule has 1 aliphatic heterocycles. The van der Waals surface area contributed by atoms with Crippen LogP contribution in [0.4, 0.5) is 5.69 Å². The smallest absolute Gasteiger partial charge is 0.362 e. The number of hydrogen-bond acceptors (Lipinski definition) is 8. The molecule has 1 heterocycles. The number of nitrogens with one attached hydrogen (secondary N) is 1. The third-order valence-corrected chi connectivity index (χ3v) is 6.23. The van der Waals surface area contributed by atoms with Crippen molar-refractivity contribution >= 4 is 39.7 Å². The lowest BCUT2D eigenvalue weighted by Crippen LogP contribution is -2.33. The van der Waals surface area contributed by atoms with Gasteiger partial charge in [-0.2, -0.15) is 8.42 Å². The van der Waals surface area contributed by atoms with E-state index in [1.807, 2.05) is 6.92 Å². The predicted molar refractivity (Wildman–Crippen MR) is 104 cm³/mol. The molecule has 0 radical (unpaired) electrons. The summed E-state index contributed by atoms with van der Waals surface area (Å²) < 4.78 is 31.8. The van der Waals surface area contributed by atoms with Crippen molar-refractivity contribution in [1.29, 1.82) is 0 Å². The van der Waals surface area contributed by atoms with Gasteiger partial charge in [-0.3, -0.25) is 9.59 Å². The molecule has 0 bridgehead atoms. The number of hydrogen-bond donors (Lipinski definition) is 1. The van der Waals surface area contributed by atoms with E-state index in [0.717, 1.165) is 31.4 Å². The van der Waals surface area contributed by atoms with Gasteiger partial charge in [0.1, 0.15) is 5.75 Å². The third-order valence-electron chi connectivity index (χ3n) is 3.90. The molecule has 1 saturated heterocycles. The van der Waals surface area contributed by atoms with Crippen LogP contribution in [0.3, 0.4) is 0 Å². The summed E-state index contributed by atoms with van der Waals surface area (Å²) in [5.41, 5.74) is 0.270. The van der Waals surface area contributed by atoms with E-state index in [0.29, 0.717) is 0 Å². The number of anilines is 1. The molecule has 0 aliphatic carbocycles. The Morgan fingerprint density at radius 1 is 1.33 bits per heavy atom. The summed E-state index contributed by atoms with van der Waals surface area (Å²) >= 11 is 1.45. The summed E-state index contributed by atoms with van der Waals surface area (Å²) in [4.78, 5) is 26.3. The lowest BCUT2D eigenvalue weighted by atomic mass is 10.3. The monoisotopic (exact) mass is 416 g/mol. The Bertz CT molecular complexity index is 783. The van der Waals surface area contributed by atoms with Gasteiger partial charge in [0.25, 0.3) is 0 Å². The SMILES string of the molecule is CCCN[C@H](CC)SC1CC(=O)N(c2cccc(OS(=O)(=O)OC)c2)C1=O. The summed E-state index contributed by atoms with van der Waals surface area (Å²) in [5.74, 6) is -0.676. The molecule has 0 spiro atoms. The minimum atomic E-state index is -4.18. The van der Waals surface area contributed by atoms with Gasteiger partial charge in [0, 0.05) is 12.5 Å². The topological polar surface area (TPSA) is 102 Å². The fourth-order valence-corrected chi connectivity index (χ4v) is 4.27. The van der Waals surface area contributed by atoms with Crippen LogP contribution in [0.1, 0.15) is 33.1 Å². The van der Waals surface area contributed by atoms with Gasteiger partial charge in [-0.15, -0.1) is 11.8 Å². The van der Waals surface area contributed by atoms with E-state index in [9.17, 15) is 18.0 Å². The quantitative estimate of drug-likeness (QED) is 0.457. The molecule has 27 heavy (non-hydrogen) atoms. The Morgan fingerprint density at radius 2 is 2.07 bits per heavy atom. The molecule has 0 saturated carbocycles. The first-order chi connectivity index (χ1) is 12.8. The van der Waals surface area contributed by atoms with Gasteiger partial charge in [0.2, 0.25) is 11.8 Å². The fraction of sp³-hybridized carbons (Fsp3) is 0.529. The van der Waals surface area contributed by atoms with Crippen LogP contribution in [0.5, 0.6) is 5.75 Å². The summed E-state index contributed by atoms with van der Waals surface area (Å²) in [5, 5.41) is 2.98. The van der Waals surface area contributed by atoms with E-state index in [2.05, 4.69) is 16.4 Å². The number of thioether (sulfide) groups is 1. The molecule has 10 heteroatoms. The molecular formula is C17H24N2O6S2. The van der Waals surface area contributed by atoms with Crippen molar-refractivity contribution in [3.63, 3.8) is 0 Å². The highest BCUT2D eigenvalue weighted by atomic mass is 32.3. The Kier molecular flexibility index (Phi) is 7.66. The zero-order chi connectivity index (χ0) is 20.0. The van der Waals surface area contributed by atoms with Crippen LogP contribution >= 0.6 is 11.8 Å². The van der Waals surface area contributed by atoms with Gasteiger partial charge in [-0.05, 0) is 31.5 Å². The minimum absolute atomic E-state index is 0.0397. The molecule has 1 aromatic rings. The van der Waals surface area contributed by atoms with Crippen LogP contribution in [0.15, 0.2) is 24.3 Å². The highest BCUT2D eigenvalue weighted by Crippen LogP contribution is 2.33. The first-order valence-electron chi connectivity index (χ1n) is 8.67. The zero-order valence-electron chi connectivity index (χ0n) is 15.5. The van der Waals surface area contributed by atoms with Gasteiger partial charge in [0.15, 0.2) is 0 Å². The summed E-state index contributed by atoms with van der Waals surface area (Å²) in [6.45, 7) is 4.93. The standard InChI is InChI=1S/C17H24N2O6S2/c1-4-9-18-15(5-2)26-14-11-16(20)19(17(14)21)12-7-6-8-13(10-12)25-27(22,23)24-3/h6-8,10,14-15,18H,4-5,9,11H2,1-3H3/t14?,15-/m0/s1. The van der Waals surface area contributed by atoms with Crippen molar-refractivity contribution in [3.8, 4) is 5.75 Å². The molecule has 1 unspecified atom stereocenters. The second-order valence-corrected chi connectivity index (χ2v) is 8.63. The van der Waals surface area contributed by atoms with Crippen LogP contribution in [0.2, 0.25) is 0 Å². The van der Waals surface area contributed by atoms with Gasteiger partial charge in [-0.25, -0.2) is 9.08 Å². The van der Waals surface area contributed by atoms with E-state index in [1.165, 1.54) is 30.0 Å². The molecule has 2 atom stereocenters. The number of rotatable bonds is 10. The van der Waals surface area contributed by atoms with Crippen molar-refractivity contribution in [2.24, 2.45) is 0 Å². The Labute approximate surface area is 163 Å². The molecule has 8 nitrogen and oxygen atoms in total. The number of imide groups is 1. The largest absolute Gasteiger partial charge is 0.448 e. The normalized spacial score (nSPS) is 18.8. The van der Waals surface area contributed by atoms with Crippen LogP contribution in [0, 0.1) is 0 Å². The number of carbonyl (C=O) groups is 2. The van der Waals surface area contributed by atoms with Gasteiger partial charge < -0.3 is 9.50 Å². The van der Waals surface area contributed by atoms with Crippen LogP contribution in [-0.2, 0) is 24.2 Å². The van der Waals surface area contributed by atoms with Crippen LogP contribution in [0.25, 0.3) is 0 Å². The number of nitrogens with zero attached hydrogens (tertiary/aromatic N) is 1. The molecule has 1 aliphatic rings. The third kappa shape index (κ3) is 5.68. The van der Waals surface area contributed by atoms with E-state index in [1.54, 1.807) is 6.07 Å². The maximum atomic E-state index is 12.8. The van der Waals surface area contributed by atoms with Gasteiger partial charge in [-0.1, -0.05) is 19.9 Å². The fourth-order valence-electron chi connectivity index (χ4n) is 2.60. The summed E-state index contributed by atoms with van der Waals surface area (Å²) in [6.07, 6.45) is 1.92. The Hall–Kier alpha value is -1.62. The Morgan fingerprint density at radius 3 is 2.70 bits per heavy atom. The zero-order valence-corrected chi connectivity index (χ0v) is 17.1. The highest BCUT2D eigenvalue weighted by Gasteiger charge is 2.41. The lowest BCUT2D eigenvalue weighted by molar-refractivity contribution is -0.121. The number of carbonyl (C=O) groups excluding carboxylic acids is 2. The van der Waals surface area contributed by atoms with E-state index < -0.39 is 15.6 Å². The molecular weight excluding hydrogens is 392 g/mol. The molecule has 2 rings (SSSR count). The van der Waals surface area contributed by atoms with Crippen molar-refractivity contribution in [2.45, 2.75) is 43.7 Å². The number of benzene rings is 1. The first kappa shape index (κ1) is 21.7. The van der Waals surface area contributed by atoms with Crippen molar-refractivity contribution < 1.29 is 26.4 Å². The maximum absolute atomic E-state index is 12.8. The molecule has 1 N–H and O–H groups in total.